The third kappa shape index (κ3) is 1.79. The lowest BCUT2D eigenvalue weighted by molar-refractivity contribution is 0.170. The van der Waals surface area contributed by atoms with E-state index in [4.69, 9.17) is 4.74 Å². The lowest BCUT2D eigenvalue weighted by Gasteiger charge is -2.24. The van der Waals surface area contributed by atoms with Gasteiger partial charge >= 0.3 is 6.09 Å². The van der Waals surface area contributed by atoms with Gasteiger partial charge in [-0.25, -0.2) is 4.79 Å². The normalized spacial score (nSPS) is 39.8. The maximum absolute atomic E-state index is 11.0. The standard InChI is InChI=1S/C10H17NO2/c1-8-3-2-5-10(6-4-8)7-13-9(12)11-10/h8H,2-7H2,1H3,(H,11,12). The highest BCUT2D eigenvalue weighted by molar-refractivity contribution is 5.70. The van der Waals surface area contributed by atoms with Gasteiger partial charge in [0.05, 0.1) is 5.54 Å². The second-order valence-electron chi connectivity index (χ2n) is 4.52. The smallest absolute Gasteiger partial charge is 0.407 e. The SMILES string of the molecule is CC1CCCC2(CC1)COC(=O)N2. The Balaban J connectivity index is 2.02. The molecule has 3 heteroatoms. The van der Waals surface area contributed by atoms with E-state index < -0.39 is 0 Å². The molecule has 0 aromatic heterocycles. The zero-order chi connectivity index (χ0) is 9.31. The zero-order valence-corrected chi connectivity index (χ0v) is 8.14. The van der Waals surface area contributed by atoms with Crippen molar-refractivity contribution >= 4 is 6.09 Å². The van der Waals surface area contributed by atoms with Gasteiger partial charge in [-0.15, -0.1) is 0 Å². The molecule has 0 bridgehead atoms. The molecule has 1 aliphatic carbocycles. The van der Waals surface area contributed by atoms with Gasteiger partial charge in [0, 0.05) is 0 Å². The van der Waals surface area contributed by atoms with Crippen LogP contribution in [0.1, 0.15) is 39.0 Å². The highest BCUT2D eigenvalue weighted by Gasteiger charge is 2.40. The van der Waals surface area contributed by atoms with Crippen LogP contribution in [0.3, 0.4) is 0 Å². The van der Waals surface area contributed by atoms with Crippen LogP contribution in [-0.2, 0) is 4.74 Å². The van der Waals surface area contributed by atoms with Crippen molar-refractivity contribution in [2.24, 2.45) is 5.92 Å². The Morgan fingerprint density at radius 2 is 2.31 bits per heavy atom. The molecule has 74 valence electrons. The third-order valence-corrected chi connectivity index (χ3v) is 3.31. The first-order chi connectivity index (χ1) is 6.20. The van der Waals surface area contributed by atoms with Crippen molar-refractivity contribution in [3.63, 3.8) is 0 Å². The molecule has 1 amide bonds. The molecule has 1 N–H and O–H groups in total. The van der Waals surface area contributed by atoms with Crippen LogP contribution in [0.15, 0.2) is 0 Å². The van der Waals surface area contributed by atoms with Gasteiger partial charge in [0.1, 0.15) is 6.61 Å². The monoisotopic (exact) mass is 183 g/mol. The van der Waals surface area contributed by atoms with Gasteiger partial charge in [-0.3, -0.25) is 0 Å². The highest BCUT2D eigenvalue weighted by atomic mass is 16.6. The summed E-state index contributed by atoms with van der Waals surface area (Å²) in [7, 11) is 0. The van der Waals surface area contributed by atoms with E-state index in [9.17, 15) is 4.79 Å². The summed E-state index contributed by atoms with van der Waals surface area (Å²) in [4.78, 5) is 11.0. The number of alkyl carbamates (subject to hydrolysis) is 1. The van der Waals surface area contributed by atoms with Crippen LogP contribution in [0, 0.1) is 5.92 Å². The first kappa shape index (κ1) is 8.85. The van der Waals surface area contributed by atoms with Gasteiger partial charge in [-0.2, -0.15) is 0 Å². The molecular formula is C10H17NO2. The fourth-order valence-electron chi connectivity index (χ4n) is 2.34. The fraction of sp³-hybridized carbons (Fsp3) is 0.900. The van der Waals surface area contributed by atoms with Crippen molar-refractivity contribution in [1.82, 2.24) is 5.32 Å². The molecule has 1 saturated carbocycles. The Hall–Kier alpha value is -0.730. The molecule has 2 rings (SSSR count). The van der Waals surface area contributed by atoms with Crippen molar-refractivity contribution < 1.29 is 9.53 Å². The van der Waals surface area contributed by atoms with E-state index in [1.54, 1.807) is 0 Å². The molecule has 2 fully saturated rings. The Kier molecular flexibility index (Phi) is 2.18. The van der Waals surface area contributed by atoms with Crippen molar-refractivity contribution in [3.8, 4) is 0 Å². The minimum Gasteiger partial charge on any atom is -0.447 e. The van der Waals surface area contributed by atoms with E-state index in [1.165, 1.54) is 19.3 Å². The zero-order valence-electron chi connectivity index (χ0n) is 8.14. The molecule has 0 aromatic carbocycles. The van der Waals surface area contributed by atoms with Crippen molar-refractivity contribution in [1.29, 1.82) is 0 Å². The summed E-state index contributed by atoms with van der Waals surface area (Å²) in [5.41, 5.74) is -0.0121. The highest BCUT2D eigenvalue weighted by Crippen LogP contribution is 2.32. The summed E-state index contributed by atoms with van der Waals surface area (Å²) in [5.74, 6) is 0.803. The molecule has 3 nitrogen and oxygen atoms in total. The second-order valence-corrected chi connectivity index (χ2v) is 4.52. The molecule has 0 radical (unpaired) electrons. The van der Waals surface area contributed by atoms with Crippen LogP contribution in [-0.4, -0.2) is 18.2 Å². The predicted molar refractivity (Wildman–Crippen MR) is 49.5 cm³/mol. The van der Waals surface area contributed by atoms with Gasteiger partial charge in [0.2, 0.25) is 0 Å². The van der Waals surface area contributed by atoms with E-state index in [0.717, 1.165) is 18.8 Å². The van der Waals surface area contributed by atoms with E-state index in [0.29, 0.717) is 6.61 Å². The lowest BCUT2D eigenvalue weighted by Crippen LogP contribution is -2.42. The Bertz CT molecular complexity index is 217. The average Bonchev–Trinajstić information content (AvgIpc) is 2.35. The topological polar surface area (TPSA) is 38.3 Å². The minimum absolute atomic E-state index is 0.0121. The van der Waals surface area contributed by atoms with Crippen LogP contribution in [0.25, 0.3) is 0 Å². The number of amides is 1. The summed E-state index contributed by atoms with van der Waals surface area (Å²) in [5, 5.41) is 2.97. The summed E-state index contributed by atoms with van der Waals surface area (Å²) in [6.07, 6.45) is 5.66. The minimum atomic E-state index is -0.227. The van der Waals surface area contributed by atoms with Crippen molar-refractivity contribution in [3.05, 3.63) is 0 Å². The largest absolute Gasteiger partial charge is 0.447 e. The molecule has 13 heavy (non-hydrogen) atoms. The van der Waals surface area contributed by atoms with Gasteiger partial charge in [0.25, 0.3) is 0 Å². The summed E-state index contributed by atoms with van der Waals surface area (Å²) in [6.45, 7) is 2.87. The summed E-state index contributed by atoms with van der Waals surface area (Å²) in [6, 6.07) is 0. The van der Waals surface area contributed by atoms with Crippen LogP contribution >= 0.6 is 0 Å². The second kappa shape index (κ2) is 3.20. The Morgan fingerprint density at radius 3 is 3.00 bits per heavy atom. The molecule has 1 spiro atoms. The maximum Gasteiger partial charge on any atom is 0.407 e. The molecule has 1 saturated heterocycles. The van der Waals surface area contributed by atoms with Gasteiger partial charge in [-0.05, 0) is 25.2 Å². The average molecular weight is 183 g/mol. The number of cyclic esters (lactones) is 1. The van der Waals surface area contributed by atoms with Gasteiger partial charge < -0.3 is 10.1 Å². The molecule has 2 atom stereocenters. The third-order valence-electron chi connectivity index (χ3n) is 3.31. The lowest BCUT2D eigenvalue weighted by atomic mass is 9.91. The van der Waals surface area contributed by atoms with E-state index in [-0.39, 0.29) is 11.6 Å². The van der Waals surface area contributed by atoms with Crippen LogP contribution in [0.4, 0.5) is 4.79 Å². The fourth-order valence-corrected chi connectivity index (χ4v) is 2.34. The van der Waals surface area contributed by atoms with Gasteiger partial charge in [0.15, 0.2) is 0 Å². The summed E-state index contributed by atoms with van der Waals surface area (Å²) >= 11 is 0. The molecular weight excluding hydrogens is 166 g/mol. The van der Waals surface area contributed by atoms with Crippen molar-refractivity contribution in [2.45, 2.75) is 44.6 Å². The van der Waals surface area contributed by atoms with Crippen LogP contribution in [0.5, 0.6) is 0 Å². The number of ether oxygens (including phenoxy) is 1. The molecule has 0 aromatic rings. The molecule has 1 aliphatic heterocycles. The van der Waals surface area contributed by atoms with Crippen LogP contribution in [0.2, 0.25) is 0 Å². The summed E-state index contributed by atoms with van der Waals surface area (Å²) < 4.78 is 4.99. The number of nitrogens with one attached hydrogen (secondary N) is 1. The van der Waals surface area contributed by atoms with Crippen LogP contribution < -0.4 is 5.32 Å². The number of hydrogen-bond donors (Lipinski definition) is 1. The number of rotatable bonds is 0. The van der Waals surface area contributed by atoms with E-state index >= 15 is 0 Å². The maximum atomic E-state index is 11.0. The molecule has 1 heterocycles. The van der Waals surface area contributed by atoms with E-state index in [2.05, 4.69) is 12.2 Å². The Labute approximate surface area is 78.8 Å². The van der Waals surface area contributed by atoms with E-state index in [1.807, 2.05) is 0 Å². The Morgan fingerprint density at radius 1 is 1.46 bits per heavy atom. The predicted octanol–water partition coefficient (Wildman–Crippen LogP) is 2.07. The number of hydrogen-bond acceptors (Lipinski definition) is 2. The molecule has 2 unspecified atom stereocenters. The van der Waals surface area contributed by atoms with Crippen molar-refractivity contribution in [2.75, 3.05) is 6.61 Å². The molecule has 2 aliphatic rings. The quantitative estimate of drug-likeness (QED) is 0.624. The first-order valence-electron chi connectivity index (χ1n) is 5.15. The first-order valence-corrected chi connectivity index (χ1v) is 5.15. The van der Waals surface area contributed by atoms with Gasteiger partial charge in [-0.1, -0.05) is 19.8 Å². The number of carbonyl (C=O) groups is 1. The number of carbonyl (C=O) groups excluding carboxylic acids is 1.